The molecule has 2 atom stereocenters. The zero-order valence-corrected chi connectivity index (χ0v) is 23.6. The van der Waals surface area contributed by atoms with Crippen LogP contribution in [0.25, 0.3) is 0 Å². The summed E-state index contributed by atoms with van der Waals surface area (Å²) in [5, 5.41) is 0. The Kier molecular flexibility index (Phi) is 26.4. The highest BCUT2D eigenvalue weighted by Gasteiger charge is 2.24. The quantitative estimate of drug-likeness (QED) is 0.0674. The molecule has 34 heavy (non-hydrogen) atoms. The summed E-state index contributed by atoms with van der Waals surface area (Å²) in [4.78, 5) is 24.2. The molecular weight excluding hydrogens is 447 g/mol. The molecule has 202 valence electrons. The molecular formula is C28H55O5P. The molecule has 0 bridgehead atoms. The molecule has 0 amide bonds. The van der Waals surface area contributed by atoms with Gasteiger partial charge in [0, 0.05) is 9.47 Å². The van der Waals surface area contributed by atoms with Crippen molar-refractivity contribution >= 4 is 21.4 Å². The van der Waals surface area contributed by atoms with Crippen molar-refractivity contribution in [3.8, 4) is 0 Å². The molecule has 0 saturated heterocycles. The largest absolute Gasteiger partial charge is 0.466 e. The second-order valence-corrected chi connectivity index (χ2v) is 9.85. The highest BCUT2D eigenvalue weighted by molar-refractivity contribution is 7.09. The normalized spacial score (nSPS) is 12.0. The Morgan fingerprint density at radius 3 is 1.29 bits per heavy atom. The summed E-state index contributed by atoms with van der Waals surface area (Å²) in [6.07, 6.45) is 23.7. The van der Waals surface area contributed by atoms with Gasteiger partial charge in [-0.2, -0.15) is 0 Å². The summed E-state index contributed by atoms with van der Waals surface area (Å²) < 4.78 is 15.6. The van der Waals surface area contributed by atoms with E-state index in [1.807, 2.05) is 0 Å². The van der Waals surface area contributed by atoms with Gasteiger partial charge in [0.2, 0.25) is 0 Å². The van der Waals surface area contributed by atoms with Crippen LogP contribution in [0.3, 0.4) is 0 Å². The first-order valence-corrected chi connectivity index (χ1v) is 14.8. The molecule has 6 heteroatoms. The number of esters is 2. The van der Waals surface area contributed by atoms with Crippen molar-refractivity contribution in [2.75, 3.05) is 13.2 Å². The van der Waals surface area contributed by atoms with Crippen molar-refractivity contribution in [1.29, 1.82) is 0 Å². The lowest BCUT2D eigenvalue weighted by Gasteiger charge is -2.14. The van der Waals surface area contributed by atoms with E-state index in [1.54, 1.807) is 0 Å². The highest BCUT2D eigenvalue weighted by atomic mass is 31.0. The molecule has 0 aromatic heterocycles. The molecule has 0 spiro atoms. The average molecular weight is 503 g/mol. The summed E-state index contributed by atoms with van der Waals surface area (Å²) in [5.74, 6) is -0.888. The monoisotopic (exact) mass is 502 g/mol. The third-order valence-corrected chi connectivity index (χ3v) is 6.61. The number of unbranched alkanes of at least 4 members (excludes halogenated alkanes) is 18. The van der Waals surface area contributed by atoms with E-state index in [9.17, 15) is 9.59 Å². The van der Waals surface area contributed by atoms with Crippen LogP contribution in [-0.2, 0) is 23.6 Å². The first-order valence-electron chi connectivity index (χ1n) is 14.3. The highest BCUT2D eigenvalue weighted by Crippen LogP contribution is 2.13. The lowest BCUT2D eigenvalue weighted by molar-refractivity contribution is -0.158. The minimum absolute atomic E-state index is 0.0991. The van der Waals surface area contributed by atoms with Crippen LogP contribution in [0.4, 0.5) is 0 Å². The van der Waals surface area contributed by atoms with E-state index in [2.05, 4.69) is 23.3 Å². The zero-order chi connectivity index (χ0) is 25.1. The van der Waals surface area contributed by atoms with Gasteiger partial charge in [0.25, 0.3) is 0 Å². The van der Waals surface area contributed by atoms with Gasteiger partial charge in [0.05, 0.1) is 19.6 Å². The van der Waals surface area contributed by atoms with Gasteiger partial charge in [0.15, 0.2) is 6.10 Å². The number of hydrogen-bond acceptors (Lipinski definition) is 5. The first kappa shape index (κ1) is 33.3. The van der Waals surface area contributed by atoms with Gasteiger partial charge in [-0.1, -0.05) is 129 Å². The molecule has 0 aromatic carbocycles. The minimum Gasteiger partial charge on any atom is -0.466 e. The predicted octanol–water partition coefficient (Wildman–Crippen LogP) is 8.48. The van der Waals surface area contributed by atoms with E-state index in [0.29, 0.717) is 13.2 Å². The maximum absolute atomic E-state index is 12.2. The fourth-order valence-electron chi connectivity index (χ4n) is 4.03. The van der Waals surface area contributed by atoms with Crippen molar-refractivity contribution in [3.63, 3.8) is 0 Å². The molecule has 0 radical (unpaired) electrons. The molecule has 0 aliphatic carbocycles. The molecule has 0 aliphatic rings. The van der Waals surface area contributed by atoms with Crippen molar-refractivity contribution < 1.29 is 23.6 Å². The Morgan fingerprint density at radius 1 is 0.559 bits per heavy atom. The Labute approximate surface area is 213 Å². The standard InChI is InChI=1S/C28H55O5P/c1-3-5-7-9-11-13-15-17-19-21-23-31-27(29)25-26(33-34)28(30)32-24-22-20-18-16-14-12-10-8-6-4-2/h26H,3-25,34H2,1-2H3. The van der Waals surface area contributed by atoms with Crippen molar-refractivity contribution in [2.45, 2.75) is 155 Å². The van der Waals surface area contributed by atoms with Crippen LogP contribution < -0.4 is 0 Å². The fraction of sp³-hybridized carbons (Fsp3) is 0.929. The van der Waals surface area contributed by atoms with Crippen molar-refractivity contribution in [2.24, 2.45) is 0 Å². The second-order valence-electron chi connectivity index (χ2n) is 9.58. The summed E-state index contributed by atoms with van der Waals surface area (Å²) in [7, 11) is 2.06. The smallest absolute Gasteiger partial charge is 0.336 e. The Balaban J connectivity index is 3.60. The predicted molar refractivity (Wildman–Crippen MR) is 145 cm³/mol. The maximum atomic E-state index is 12.2. The SMILES string of the molecule is CCCCCCCCCCCCOC(=O)CC(OP)C(=O)OCCCCCCCCCCCC. The van der Waals surface area contributed by atoms with Gasteiger partial charge in [-0.25, -0.2) is 4.79 Å². The average Bonchev–Trinajstić information content (AvgIpc) is 2.84. The van der Waals surface area contributed by atoms with Crippen LogP contribution in [0, 0.1) is 0 Å². The topological polar surface area (TPSA) is 61.8 Å². The molecule has 0 fully saturated rings. The van der Waals surface area contributed by atoms with Crippen molar-refractivity contribution in [1.82, 2.24) is 0 Å². The van der Waals surface area contributed by atoms with E-state index >= 15 is 0 Å². The lowest BCUT2D eigenvalue weighted by atomic mass is 10.1. The Bertz CT molecular complexity index is 458. The summed E-state index contributed by atoms with van der Waals surface area (Å²) in [6.45, 7) is 5.28. The number of carbonyl (C=O) groups is 2. The molecule has 0 saturated carbocycles. The molecule has 5 nitrogen and oxygen atoms in total. The van der Waals surface area contributed by atoms with Gasteiger partial charge in [0.1, 0.15) is 0 Å². The third-order valence-electron chi connectivity index (χ3n) is 6.28. The van der Waals surface area contributed by atoms with Crippen LogP contribution in [0.2, 0.25) is 0 Å². The Hall–Kier alpha value is -0.670. The van der Waals surface area contributed by atoms with E-state index in [0.717, 1.165) is 25.7 Å². The van der Waals surface area contributed by atoms with Crippen LogP contribution in [0.15, 0.2) is 0 Å². The van der Waals surface area contributed by atoms with E-state index in [1.165, 1.54) is 103 Å². The molecule has 0 N–H and O–H groups in total. The zero-order valence-electron chi connectivity index (χ0n) is 22.5. The van der Waals surface area contributed by atoms with Gasteiger partial charge in [-0.05, 0) is 12.8 Å². The van der Waals surface area contributed by atoms with E-state index in [4.69, 9.17) is 14.0 Å². The van der Waals surface area contributed by atoms with Gasteiger partial charge in [-0.3, -0.25) is 4.79 Å². The lowest BCUT2D eigenvalue weighted by Crippen LogP contribution is -2.28. The van der Waals surface area contributed by atoms with Crippen LogP contribution >= 0.6 is 9.47 Å². The van der Waals surface area contributed by atoms with Crippen LogP contribution in [-0.4, -0.2) is 31.3 Å². The first-order chi connectivity index (χ1) is 16.7. The summed E-state index contributed by atoms with van der Waals surface area (Å²) in [5.41, 5.74) is 0. The molecule has 2 unspecified atom stereocenters. The minimum atomic E-state index is -0.909. The van der Waals surface area contributed by atoms with E-state index < -0.39 is 18.0 Å². The number of rotatable bonds is 26. The number of hydrogen-bond donors (Lipinski definition) is 0. The van der Waals surface area contributed by atoms with Gasteiger partial charge >= 0.3 is 11.9 Å². The second kappa shape index (κ2) is 26.9. The fourth-order valence-corrected chi connectivity index (χ4v) is 4.24. The molecule has 0 heterocycles. The van der Waals surface area contributed by atoms with E-state index in [-0.39, 0.29) is 6.42 Å². The summed E-state index contributed by atoms with van der Waals surface area (Å²) in [6, 6.07) is 0. The van der Waals surface area contributed by atoms with Crippen LogP contribution in [0.1, 0.15) is 149 Å². The number of ether oxygens (including phenoxy) is 2. The van der Waals surface area contributed by atoms with Crippen molar-refractivity contribution in [3.05, 3.63) is 0 Å². The van der Waals surface area contributed by atoms with Crippen LogP contribution in [0.5, 0.6) is 0 Å². The van der Waals surface area contributed by atoms with Gasteiger partial charge in [-0.15, -0.1) is 0 Å². The summed E-state index contributed by atoms with van der Waals surface area (Å²) >= 11 is 0. The Morgan fingerprint density at radius 2 is 0.912 bits per heavy atom. The molecule has 0 aliphatic heterocycles. The maximum Gasteiger partial charge on any atom is 0.336 e. The number of carbonyl (C=O) groups excluding carboxylic acids is 2. The molecule has 0 aromatic rings. The third kappa shape index (κ3) is 23.1. The van der Waals surface area contributed by atoms with Gasteiger partial charge < -0.3 is 14.0 Å². The molecule has 0 rings (SSSR count).